The maximum absolute atomic E-state index is 11.8. The molecule has 2 N–H and O–H groups in total. The standard InChI is InChI=1S/C11H19N3O/c12-7-2-1-4-11(15)14(9-3-8-13)10-5-6-10/h10H,1-7,9,12H2. The molecule has 84 valence electrons. The van der Waals surface area contributed by atoms with Gasteiger partial charge in [-0.2, -0.15) is 5.26 Å². The van der Waals surface area contributed by atoms with E-state index in [1.165, 1.54) is 0 Å². The van der Waals surface area contributed by atoms with Crippen LogP contribution in [0.25, 0.3) is 0 Å². The fourth-order valence-corrected chi connectivity index (χ4v) is 1.63. The fraction of sp³-hybridized carbons (Fsp3) is 0.818. The number of nitrogens with zero attached hydrogens (tertiary/aromatic N) is 2. The molecule has 15 heavy (non-hydrogen) atoms. The highest BCUT2D eigenvalue weighted by Crippen LogP contribution is 2.27. The first-order valence-corrected chi connectivity index (χ1v) is 5.66. The Bertz CT molecular complexity index is 243. The molecule has 4 nitrogen and oxygen atoms in total. The Kier molecular flexibility index (Phi) is 5.13. The number of unbranched alkanes of at least 4 members (excludes halogenated alkanes) is 1. The van der Waals surface area contributed by atoms with Gasteiger partial charge in [-0.25, -0.2) is 0 Å². The number of rotatable bonds is 7. The summed E-state index contributed by atoms with van der Waals surface area (Å²) in [6.45, 7) is 1.25. The van der Waals surface area contributed by atoms with Crippen LogP contribution in [-0.2, 0) is 4.79 Å². The molecule has 4 heteroatoms. The van der Waals surface area contributed by atoms with Crippen molar-refractivity contribution in [3.8, 4) is 6.07 Å². The van der Waals surface area contributed by atoms with E-state index in [9.17, 15) is 4.79 Å². The maximum atomic E-state index is 11.8. The molecule has 0 heterocycles. The Morgan fingerprint density at radius 3 is 2.73 bits per heavy atom. The first kappa shape index (κ1) is 12.0. The van der Waals surface area contributed by atoms with Gasteiger partial charge in [-0.3, -0.25) is 4.79 Å². The molecule has 1 saturated carbocycles. The van der Waals surface area contributed by atoms with Crippen molar-refractivity contribution in [3.63, 3.8) is 0 Å². The molecule has 0 saturated heterocycles. The Balaban J connectivity index is 2.28. The number of nitriles is 1. The van der Waals surface area contributed by atoms with Crippen LogP contribution in [0.5, 0.6) is 0 Å². The minimum atomic E-state index is 0.196. The molecule has 1 amide bonds. The van der Waals surface area contributed by atoms with Gasteiger partial charge in [-0.05, 0) is 32.2 Å². The second kappa shape index (κ2) is 6.41. The van der Waals surface area contributed by atoms with E-state index in [4.69, 9.17) is 11.0 Å². The summed E-state index contributed by atoms with van der Waals surface area (Å²) in [6.07, 6.45) is 5.01. The van der Waals surface area contributed by atoms with Crippen LogP contribution < -0.4 is 5.73 Å². The summed E-state index contributed by atoms with van der Waals surface area (Å²) in [5.41, 5.74) is 5.38. The van der Waals surface area contributed by atoms with Crippen LogP contribution >= 0.6 is 0 Å². The molecule has 1 rings (SSSR count). The van der Waals surface area contributed by atoms with Gasteiger partial charge in [0, 0.05) is 19.0 Å². The van der Waals surface area contributed by atoms with Crippen molar-refractivity contribution in [2.45, 2.75) is 44.6 Å². The Labute approximate surface area is 91.0 Å². The van der Waals surface area contributed by atoms with Gasteiger partial charge in [0.15, 0.2) is 0 Å². The third-order valence-electron chi connectivity index (χ3n) is 2.62. The van der Waals surface area contributed by atoms with Gasteiger partial charge >= 0.3 is 0 Å². The molecule has 0 radical (unpaired) electrons. The molecule has 0 bridgehead atoms. The van der Waals surface area contributed by atoms with Gasteiger partial charge in [0.05, 0.1) is 12.5 Å². The summed E-state index contributed by atoms with van der Waals surface area (Å²) in [5.74, 6) is 0.196. The minimum Gasteiger partial charge on any atom is -0.339 e. The quantitative estimate of drug-likeness (QED) is 0.636. The average Bonchev–Trinajstić information content (AvgIpc) is 3.03. The molecule has 1 aliphatic rings. The number of carbonyl (C=O) groups is 1. The molecular formula is C11H19N3O. The molecule has 0 aromatic heterocycles. The largest absolute Gasteiger partial charge is 0.339 e. The van der Waals surface area contributed by atoms with Crippen LogP contribution in [-0.4, -0.2) is 29.9 Å². The monoisotopic (exact) mass is 209 g/mol. The molecule has 1 fully saturated rings. The van der Waals surface area contributed by atoms with Crippen LogP contribution in [0, 0.1) is 11.3 Å². The van der Waals surface area contributed by atoms with Crippen LogP contribution in [0.1, 0.15) is 38.5 Å². The molecule has 0 aromatic carbocycles. The molecule has 0 aliphatic heterocycles. The first-order valence-electron chi connectivity index (χ1n) is 5.66. The Hall–Kier alpha value is -1.08. The lowest BCUT2D eigenvalue weighted by Gasteiger charge is -2.21. The van der Waals surface area contributed by atoms with E-state index < -0.39 is 0 Å². The third kappa shape index (κ3) is 4.30. The predicted octanol–water partition coefficient (Wildman–Crippen LogP) is 1.02. The highest BCUT2D eigenvalue weighted by molar-refractivity contribution is 5.76. The molecule has 1 aliphatic carbocycles. The van der Waals surface area contributed by atoms with Crippen molar-refractivity contribution in [1.29, 1.82) is 5.26 Å². The Morgan fingerprint density at radius 2 is 2.20 bits per heavy atom. The van der Waals surface area contributed by atoms with Crippen molar-refractivity contribution in [1.82, 2.24) is 4.90 Å². The van der Waals surface area contributed by atoms with Crippen LogP contribution in [0.15, 0.2) is 0 Å². The minimum absolute atomic E-state index is 0.196. The SMILES string of the molecule is N#CCCN(C(=O)CCCCN)C1CC1. The fourth-order valence-electron chi connectivity index (χ4n) is 1.63. The van der Waals surface area contributed by atoms with E-state index in [-0.39, 0.29) is 5.91 Å². The zero-order valence-electron chi connectivity index (χ0n) is 9.11. The van der Waals surface area contributed by atoms with Gasteiger partial charge in [0.1, 0.15) is 0 Å². The highest BCUT2D eigenvalue weighted by Gasteiger charge is 2.31. The van der Waals surface area contributed by atoms with E-state index >= 15 is 0 Å². The third-order valence-corrected chi connectivity index (χ3v) is 2.62. The first-order chi connectivity index (χ1) is 7.29. The van der Waals surface area contributed by atoms with E-state index in [1.54, 1.807) is 0 Å². The van der Waals surface area contributed by atoms with Crippen LogP contribution in [0.3, 0.4) is 0 Å². The van der Waals surface area contributed by atoms with Crippen molar-refractivity contribution < 1.29 is 4.79 Å². The lowest BCUT2D eigenvalue weighted by Crippen LogP contribution is -2.33. The molecule has 0 aromatic rings. The van der Waals surface area contributed by atoms with Gasteiger partial charge in [-0.15, -0.1) is 0 Å². The van der Waals surface area contributed by atoms with Gasteiger partial charge in [0.25, 0.3) is 0 Å². The van der Waals surface area contributed by atoms with E-state index in [0.717, 1.165) is 25.7 Å². The zero-order valence-corrected chi connectivity index (χ0v) is 9.11. The molecule has 0 unspecified atom stereocenters. The second-order valence-corrected chi connectivity index (χ2v) is 3.97. The smallest absolute Gasteiger partial charge is 0.222 e. The number of carbonyl (C=O) groups excluding carboxylic acids is 1. The van der Waals surface area contributed by atoms with Gasteiger partial charge in [0.2, 0.25) is 5.91 Å². The Morgan fingerprint density at radius 1 is 1.47 bits per heavy atom. The van der Waals surface area contributed by atoms with Crippen molar-refractivity contribution in [2.24, 2.45) is 5.73 Å². The highest BCUT2D eigenvalue weighted by atomic mass is 16.2. The zero-order chi connectivity index (χ0) is 11.1. The maximum Gasteiger partial charge on any atom is 0.222 e. The lowest BCUT2D eigenvalue weighted by molar-refractivity contribution is -0.131. The van der Waals surface area contributed by atoms with Crippen LogP contribution in [0.4, 0.5) is 0 Å². The van der Waals surface area contributed by atoms with Crippen LogP contribution in [0.2, 0.25) is 0 Å². The number of hydrogen-bond donors (Lipinski definition) is 1. The van der Waals surface area contributed by atoms with Gasteiger partial charge < -0.3 is 10.6 Å². The number of amides is 1. The summed E-state index contributed by atoms with van der Waals surface area (Å²) >= 11 is 0. The van der Waals surface area contributed by atoms with Crippen molar-refractivity contribution in [2.75, 3.05) is 13.1 Å². The number of hydrogen-bond acceptors (Lipinski definition) is 3. The topological polar surface area (TPSA) is 70.1 Å². The van der Waals surface area contributed by atoms with Crippen molar-refractivity contribution in [3.05, 3.63) is 0 Å². The normalized spacial score (nSPS) is 14.7. The average molecular weight is 209 g/mol. The second-order valence-electron chi connectivity index (χ2n) is 3.97. The molecule has 0 atom stereocenters. The lowest BCUT2D eigenvalue weighted by atomic mass is 10.2. The predicted molar refractivity (Wildman–Crippen MR) is 57.9 cm³/mol. The number of nitrogens with two attached hydrogens (primary N) is 1. The summed E-state index contributed by atoms with van der Waals surface area (Å²) in [4.78, 5) is 13.7. The van der Waals surface area contributed by atoms with Gasteiger partial charge in [-0.1, -0.05) is 0 Å². The summed E-state index contributed by atoms with van der Waals surface area (Å²) in [7, 11) is 0. The van der Waals surface area contributed by atoms with Crippen molar-refractivity contribution >= 4 is 5.91 Å². The summed E-state index contributed by atoms with van der Waals surface area (Å²) < 4.78 is 0. The van der Waals surface area contributed by atoms with E-state index in [2.05, 4.69) is 6.07 Å². The van der Waals surface area contributed by atoms with E-state index in [0.29, 0.717) is 32.0 Å². The molecule has 0 spiro atoms. The molecular weight excluding hydrogens is 190 g/mol. The summed E-state index contributed by atoms with van der Waals surface area (Å²) in [5, 5.41) is 8.51. The van der Waals surface area contributed by atoms with E-state index in [1.807, 2.05) is 4.90 Å². The summed E-state index contributed by atoms with van der Waals surface area (Å²) in [6, 6.07) is 2.51.